The van der Waals surface area contributed by atoms with Gasteiger partial charge in [-0.2, -0.15) is 0 Å². The third kappa shape index (κ3) is 3.22. The van der Waals surface area contributed by atoms with Crippen LogP contribution in [-0.4, -0.2) is 23.9 Å². The normalized spacial score (nSPS) is 16.7. The van der Waals surface area contributed by atoms with Gasteiger partial charge in [0.05, 0.1) is 0 Å². The Balaban J connectivity index is 2.12. The van der Waals surface area contributed by atoms with Gasteiger partial charge in [-0.25, -0.2) is 0 Å². The van der Waals surface area contributed by atoms with Gasteiger partial charge >= 0.3 is 0 Å². The molecule has 0 spiro atoms. The third-order valence-electron chi connectivity index (χ3n) is 3.44. The van der Waals surface area contributed by atoms with Gasteiger partial charge < -0.3 is 4.90 Å². The molecule has 1 fully saturated rings. The van der Waals surface area contributed by atoms with Crippen LogP contribution >= 0.6 is 0 Å². The summed E-state index contributed by atoms with van der Waals surface area (Å²) in [6.45, 7) is 3.90. The van der Waals surface area contributed by atoms with Gasteiger partial charge in [0.2, 0.25) is 5.91 Å². The number of carbonyl (C=O) groups excluding carboxylic acids is 1. The predicted molar refractivity (Wildman–Crippen MR) is 75.1 cm³/mol. The van der Waals surface area contributed by atoms with Crippen LogP contribution in [0.5, 0.6) is 0 Å². The summed E-state index contributed by atoms with van der Waals surface area (Å²) in [6.07, 6.45) is 6.37. The monoisotopic (exact) mass is 243 g/mol. The lowest BCUT2D eigenvalue weighted by Gasteiger charge is -2.27. The standard InChI is InChI=1S/C16H21NO/c1-2-15(13-14-9-5-3-6-10-14)16(18)17-11-7-4-8-12-17/h3,5-6,9-10,13H,2,4,7-8,11-12H2,1H3/b15-13+. The first-order valence-electron chi connectivity index (χ1n) is 6.86. The zero-order valence-corrected chi connectivity index (χ0v) is 11.1. The Kier molecular flexibility index (Phi) is 4.57. The van der Waals surface area contributed by atoms with Crippen LogP contribution in [0.4, 0.5) is 0 Å². The molecule has 18 heavy (non-hydrogen) atoms. The van der Waals surface area contributed by atoms with Crippen molar-refractivity contribution in [2.45, 2.75) is 32.6 Å². The van der Waals surface area contributed by atoms with Crippen LogP contribution in [0.25, 0.3) is 6.08 Å². The molecule has 0 aromatic heterocycles. The summed E-state index contributed by atoms with van der Waals surface area (Å²) in [5.41, 5.74) is 2.03. The molecule has 2 rings (SSSR count). The zero-order chi connectivity index (χ0) is 12.8. The number of hydrogen-bond acceptors (Lipinski definition) is 1. The maximum atomic E-state index is 12.4. The SMILES string of the molecule is CC/C(=C\c1ccccc1)C(=O)N1CCCCC1. The molecule has 2 nitrogen and oxygen atoms in total. The van der Waals surface area contributed by atoms with E-state index in [2.05, 4.69) is 6.92 Å². The van der Waals surface area contributed by atoms with E-state index < -0.39 is 0 Å². The Bertz CT molecular complexity index is 416. The van der Waals surface area contributed by atoms with Crippen LogP contribution < -0.4 is 0 Å². The summed E-state index contributed by atoms with van der Waals surface area (Å²) in [5.74, 6) is 0.223. The number of rotatable bonds is 3. The largest absolute Gasteiger partial charge is 0.339 e. The minimum atomic E-state index is 0.223. The molecule has 1 aromatic rings. The van der Waals surface area contributed by atoms with Gasteiger partial charge in [0, 0.05) is 18.7 Å². The first-order chi connectivity index (χ1) is 8.81. The summed E-state index contributed by atoms with van der Waals surface area (Å²) in [7, 11) is 0. The van der Waals surface area contributed by atoms with Crippen LogP contribution in [0, 0.1) is 0 Å². The molecule has 1 amide bonds. The minimum Gasteiger partial charge on any atom is -0.339 e. The molecule has 1 aliphatic rings. The smallest absolute Gasteiger partial charge is 0.249 e. The number of nitrogens with zero attached hydrogens (tertiary/aromatic N) is 1. The number of benzene rings is 1. The van der Waals surface area contributed by atoms with Gasteiger partial charge in [-0.1, -0.05) is 37.3 Å². The van der Waals surface area contributed by atoms with Crippen molar-refractivity contribution in [3.8, 4) is 0 Å². The Labute approximate surface area is 109 Å². The Morgan fingerprint density at radius 3 is 2.44 bits per heavy atom. The summed E-state index contributed by atoms with van der Waals surface area (Å²) in [6, 6.07) is 10.1. The lowest BCUT2D eigenvalue weighted by Crippen LogP contribution is -2.36. The topological polar surface area (TPSA) is 20.3 Å². The average molecular weight is 243 g/mol. The molecule has 1 heterocycles. The molecule has 0 saturated carbocycles. The van der Waals surface area contributed by atoms with Gasteiger partial charge in [0.1, 0.15) is 0 Å². The molecule has 1 saturated heterocycles. The summed E-state index contributed by atoms with van der Waals surface area (Å²) in [4.78, 5) is 14.4. The first kappa shape index (κ1) is 12.9. The van der Waals surface area contributed by atoms with Crippen molar-refractivity contribution < 1.29 is 4.79 Å². The average Bonchev–Trinajstić information content (AvgIpc) is 2.46. The van der Waals surface area contributed by atoms with E-state index in [0.717, 1.165) is 43.5 Å². The van der Waals surface area contributed by atoms with Gasteiger partial charge in [0.25, 0.3) is 0 Å². The Hall–Kier alpha value is -1.57. The molecule has 0 N–H and O–H groups in total. The predicted octanol–water partition coefficient (Wildman–Crippen LogP) is 3.49. The van der Waals surface area contributed by atoms with Crippen molar-refractivity contribution in [3.63, 3.8) is 0 Å². The molecule has 0 atom stereocenters. The van der Waals surface area contributed by atoms with E-state index in [0.29, 0.717) is 0 Å². The van der Waals surface area contributed by atoms with E-state index in [1.165, 1.54) is 6.42 Å². The Morgan fingerprint density at radius 2 is 1.83 bits per heavy atom. The second-order valence-electron chi connectivity index (χ2n) is 4.79. The van der Waals surface area contributed by atoms with Crippen LogP contribution in [0.1, 0.15) is 38.2 Å². The lowest BCUT2D eigenvalue weighted by atomic mass is 10.1. The van der Waals surface area contributed by atoms with Gasteiger partial charge in [0.15, 0.2) is 0 Å². The lowest BCUT2D eigenvalue weighted by molar-refractivity contribution is -0.128. The molecule has 0 bridgehead atoms. The number of piperidine rings is 1. The van der Waals surface area contributed by atoms with Gasteiger partial charge in [-0.05, 0) is 37.3 Å². The number of hydrogen-bond donors (Lipinski definition) is 0. The van der Waals surface area contributed by atoms with E-state index in [4.69, 9.17) is 0 Å². The van der Waals surface area contributed by atoms with E-state index in [1.807, 2.05) is 41.3 Å². The maximum Gasteiger partial charge on any atom is 0.249 e. The minimum absolute atomic E-state index is 0.223. The number of likely N-dealkylation sites (tertiary alicyclic amines) is 1. The van der Waals surface area contributed by atoms with Crippen molar-refractivity contribution in [3.05, 3.63) is 41.5 Å². The maximum absolute atomic E-state index is 12.4. The fourth-order valence-electron chi connectivity index (χ4n) is 2.37. The van der Waals surface area contributed by atoms with Crippen molar-refractivity contribution in [2.75, 3.05) is 13.1 Å². The molecular formula is C16H21NO. The fraction of sp³-hybridized carbons (Fsp3) is 0.438. The van der Waals surface area contributed by atoms with Crippen LogP contribution in [0.2, 0.25) is 0 Å². The van der Waals surface area contributed by atoms with E-state index >= 15 is 0 Å². The fourth-order valence-corrected chi connectivity index (χ4v) is 2.37. The second-order valence-corrected chi connectivity index (χ2v) is 4.79. The highest BCUT2D eigenvalue weighted by Crippen LogP contribution is 2.16. The van der Waals surface area contributed by atoms with Crippen molar-refractivity contribution in [2.24, 2.45) is 0 Å². The molecule has 0 unspecified atom stereocenters. The van der Waals surface area contributed by atoms with Crippen LogP contribution in [-0.2, 0) is 4.79 Å². The summed E-state index contributed by atoms with van der Waals surface area (Å²) in [5, 5.41) is 0. The molecule has 96 valence electrons. The third-order valence-corrected chi connectivity index (χ3v) is 3.44. The first-order valence-corrected chi connectivity index (χ1v) is 6.86. The molecule has 1 aliphatic heterocycles. The highest BCUT2D eigenvalue weighted by Gasteiger charge is 2.18. The van der Waals surface area contributed by atoms with Crippen LogP contribution in [0.3, 0.4) is 0 Å². The summed E-state index contributed by atoms with van der Waals surface area (Å²) >= 11 is 0. The van der Waals surface area contributed by atoms with Gasteiger partial charge in [-0.3, -0.25) is 4.79 Å². The van der Waals surface area contributed by atoms with Crippen molar-refractivity contribution in [1.29, 1.82) is 0 Å². The number of carbonyl (C=O) groups is 1. The van der Waals surface area contributed by atoms with Crippen molar-refractivity contribution >= 4 is 12.0 Å². The highest BCUT2D eigenvalue weighted by atomic mass is 16.2. The van der Waals surface area contributed by atoms with E-state index in [1.54, 1.807) is 0 Å². The molecule has 1 aromatic carbocycles. The Morgan fingerprint density at radius 1 is 1.17 bits per heavy atom. The quantitative estimate of drug-likeness (QED) is 0.744. The van der Waals surface area contributed by atoms with Gasteiger partial charge in [-0.15, -0.1) is 0 Å². The second kappa shape index (κ2) is 6.39. The van der Waals surface area contributed by atoms with E-state index in [-0.39, 0.29) is 5.91 Å². The molecular weight excluding hydrogens is 222 g/mol. The molecule has 0 radical (unpaired) electrons. The van der Waals surface area contributed by atoms with E-state index in [9.17, 15) is 4.79 Å². The zero-order valence-electron chi connectivity index (χ0n) is 11.1. The molecule has 0 aliphatic carbocycles. The van der Waals surface area contributed by atoms with Crippen molar-refractivity contribution in [1.82, 2.24) is 4.90 Å². The van der Waals surface area contributed by atoms with Crippen LogP contribution in [0.15, 0.2) is 35.9 Å². The summed E-state index contributed by atoms with van der Waals surface area (Å²) < 4.78 is 0. The highest BCUT2D eigenvalue weighted by molar-refractivity contribution is 5.97. The molecule has 2 heteroatoms. The number of amides is 1.